The normalized spacial score (nSPS) is 16.7. The molecule has 3 N–H and O–H groups in total. The van der Waals surface area contributed by atoms with Crippen LogP contribution in [0.2, 0.25) is 0 Å². The third-order valence-electron chi connectivity index (χ3n) is 7.75. The van der Waals surface area contributed by atoms with Crippen molar-refractivity contribution in [3.05, 3.63) is 71.9 Å². The number of likely N-dealkylation sites (tertiary alicyclic amines) is 1. The van der Waals surface area contributed by atoms with Crippen LogP contribution in [0.15, 0.2) is 60.7 Å². The Hall–Kier alpha value is -4.64. The summed E-state index contributed by atoms with van der Waals surface area (Å²) in [6.07, 6.45) is 0.731. The number of nitrogens with zero attached hydrogens (tertiary/aromatic N) is 5. The number of carboxylic acid groups (broad SMARTS) is 2. The van der Waals surface area contributed by atoms with E-state index in [-0.39, 0.29) is 19.0 Å². The summed E-state index contributed by atoms with van der Waals surface area (Å²) in [6, 6.07) is 18.4. The maximum atomic E-state index is 11.6. The topological polar surface area (TPSA) is 133 Å². The predicted octanol–water partition coefficient (Wildman–Crippen LogP) is 4.33. The molecule has 1 fully saturated rings. The van der Waals surface area contributed by atoms with E-state index < -0.39 is 18.1 Å². The van der Waals surface area contributed by atoms with Gasteiger partial charge in [0.2, 0.25) is 0 Å². The van der Waals surface area contributed by atoms with Gasteiger partial charge in [0.1, 0.15) is 17.6 Å². The van der Waals surface area contributed by atoms with Crippen LogP contribution in [0.25, 0.3) is 22.2 Å². The summed E-state index contributed by atoms with van der Waals surface area (Å²) in [7, 11) is 5.76. The van der Waals surface area contributed by atoms with Crippen molar-refractivity contribution in [1.82, 2.24) is 24.6 Å². The van der Waals surface area contributed by atoms with Gasteiger partial charge in [0.25, 0.3) is 0 Å². The monoisotopic (exact) mass is 572 g/mol. The molecule has 0 bridgehead atoms. The number of hydrogen-bond acceptors (Lipinski definition) is 7. The Morgan fingerprint density at radius 2 is 1.86 bits per heavy atom. The van der Waals surface area contributed by atoms with Crippen LogP contribution < -0.4 is 10.1 Å². The summed E-state index contributed by atoms with van der Waals surface area (Å²) in [5.74, 6) is 0.272. The minimum Gasteiger partial charge on any atom is -0.497 e. The number of carboxylic acids is 1. The van der Waals surface area contributed by atoms with Crippen LogP contribution >= 0.6 is 0 Å². The number of fused-ring (bicyclic) bond motifs is 1. The Morgan fingerprint density at radius 1 is 1.10 bits per heavy atom. The van der Waals surface area contributed by atoms with Crippen molar-refractivity contribution in [3.8, 4) is 17.0 Å². The molecule has 0 spiro atoms. The maximum Gasteiger partial charge on any atom is 0.408 e. The molecule has 4 aromatic rings. The number of anilines is 1. The largest absolute Gasteiger partial charge is 0.497 e. The number of methoxy groups -OCH3 is 1. The highest BCUT2D eigenvalue weighted by Crippen LogP contribution is 2.32. The van der Waals surface area contributed by atoms with Crippen LogP contribution in [0.1, 0.15) is 24.1 Å². The first-order valence-electron chi connectivity index (χ1n) is 14.0. The number of amides is 1. The molecule has 42 heavy (non-hydrogen) atoms. The fourth-order valence-corrected chi connectivity index (χ4v) is 5.71. The van der Waals surface area contributed by atoms with Crippen molar-refractivity contribution in [3.63, 3.8) is 0 Å². The minimum absolute atomic E-state index is 0.0768. The molecule has 5 rings (SSSR count). The van der Waals surface area contributed by atoms with Gasteiger partial charge in [-0.15, -0.1) is 0 Å². The molecule has 2 atom stereocenters. The fraction of sp³-hybridized carbons (Fsp3) is 0.355. The van der Waals surface area contributed by atoms with Crippen LogP contribution in [0, 0.1) is 0 Å². The summed E-state index contributed by atoms with van der Waals surface area (Å²) in [4.78, 5) is 31.2. The molecule has 1 saturated heterocycles. The fourth-order valence-electron chi connectivity index (χ4n) is 5.71. The zero-order valence-corrected chi connectivity index (χ0v) is 24.0. The predicted molar refractivity (Wildman–Crippen MR) is 160 cm³/mol. The number of aromatic nitrogens is 3. The highest BCUT2D eigenvalue weighted by Gasteiger charge is 2.40. The van der Waals surface area contributed by atoms with Gasteiger partial charge in [-0.2, -0.15) is 5.10 Å². The molecule has 1 amide bonds. The van der Waals surface area contributed by atoms with Crippen molar-refractivity contribution < 1.29 is 24.5 Å². The van der Waals surface area contributed by atoms with Gasteiger partial charge < -0.3 is 25.2 Å². The lowest BCUT2D eigenvalue weighted by molar-refractivity contribution is -0.141. The molecular weight excluding hydrogens is 536 g/mol. The van der Waals surface area contributed by atoms with Gasteiger partial charge in [0.05, 0.1) is 18.3 Å². The van der Waals surface area contributed by atoms with E-state index in [0.717, 1.165) is 64.4 Å². The maximum absolute atomic E-state index is 11.6. The van der Waals surface area contributed by atoms with E-state index in [2.05, 4.69) is 29.4 Å². The van der Waals surface area contributed by atoms with Gasteiger partial charge in [-0.3, -0.25) is 9.58 Å². The SMILES string of the molecule is COc1ccc(CN(C)CCCc2c3c(-c4cccc(N[C@H]5C[C@@H](C(=O)O)N(C(=O)O)C5)n4)cccc3nn2C)cc1. The third kappa shape index (κ3) is 6.31. The lowest BCUT2D eigenvalue weighted by Crippen LogP contribution is -2.39. The molecular formula is C31H36N6O5. The van der Waals surface area contributed by atoms with Gasteiger partial charge in [-0.1, -0.05) is 30.3 Å². The first-order chi connectivity index (χ1) is 20.2. The standard InChI is InChI=1S/C31H36N6O5/c1-35(18-20-12-14-22(42-3)15-13-20)16-6-10-26-29-23(7-4-9-25(29)34-36(26)2)24-8-5-11-28(33-24)32-21-17-27(30(38)39)37(19-21)31(40)41/h4-5,7-9,11-15,21,27H,6,10,16-19H2,1-3H3,(H,32,33)(H,38,39)(H,40,41)/t21-,27-/m0/s1. The van der Waals surface area contributed by atoms with Gasteiger partial charge in [0.15, 0.2) is 0 Å². The zero-order chi connectivity index (χ0) is 29.8. The second-order valence-corrected chi connectivity index (χ2v) is 10.7. The van der Waals surface area contributed by atoms with Crippen molar-refractivity contribution in [2.45, 2.75) is 37.9 Å². The minimum atomic E-state index is -1.24. The molecule has 0 unspecified atom stereocenters. The molecule has 11 nitrogen and oxygen atoms in total. The number of benzene rings is 2. The van der Waals surface area contributed by atoms with Crippen molar-refractivity contribution >= 4 is 28.8 Å². The van der Waals surface area contributed by atoms with E-state index in [1.54, 1.807) is 7.11 Å². The van der Waals surface area contributed by atoms with E-state index in [4.69, 9.17) is 14.8 Å². The van der Waals surface area contributed by atoms with Gasteiger partial charge in [0, 0.05) is 49.2 Å². The smallest absolute Gasteiger partial charge is 0.408 e. The summed E-state index contributed by atoms with van der Waals surface area (Å²) < 4.78 is 7.21. The molecule has 11 heteroatoms. The van der Waals surface area contributed by atoms with Crippen LogP contribution in [0.5, 0.6) is 5.75 Å². The van der Waals surface area contributed by atoms with E-state index in [9.17, 15) is 19.8 Å². The quantitative estimate of drug-likeness (QED) is 0.240. The number of rotatable bonds is 11. The first-order valence-corrected chi connectivity index (χ1v) is 14.0. The average Bonchev–Trinajstić information content (AvgIpc) is 3.54. The molecule has 2 aromatic heterocycles. The lowest BCUT2D eigenvalue weighted by atomic mass is 10.0. The van der Waals surface area contributed by atoms with Crippen LogP contribution in [0.3, 0.4) is 0 Å². The Morgan fingerprint density at radius 3 is 2.55 bits per heavy atom. The number of carbonyl (C=O) groups is 2. The molecule has 0 aliphatic carbocycles. The third-order valence-corrected chi connectivity index (χ3v) is 7.75. The zero-order valence-electron chi connectivity index (χ0n) is 24.0. The molecule has 1 aliphatic rings. The molecule has 3 heterocycles. The lowest BCUT2D eigenvalue weighted by Gasteiger charge is -2.17. The summed E-state index contributed by atoms with van der Waals surface area (Å²) >= 11 is 0. The summed E-state index contributed by atoms with van der Waals surface area (Å²) in [5, 5.41) is 27.9. The van der Waals surface area contributed by atoms with E-state index >= 15 is 0 Å². The van der Waals surface area contributed by atoms with Crippen LogP contribution in [-0.2, 0) is 24.8 Å². The van der Waals surface area contributed by atoms with Crippen LogP contribution in [0.4, 0.5) is 10.6 Å². The Kier molecular flexibility index (Phi) is 8.58. The molecule has 0 saturated carbocycles. The molecule has 220 valence electrons. The van der Waals surface area contributed by atoms with E-state index in [1.807, 2.05) is 60.3 Å². The van der Waals surface area contributed by atoms with Crippen molar-refractivity contribution in [1.29, 1.82) is 0 Å². The second kappa shape index (κ2) is 12.5. The van der Waals surface area contributed by atoms with E-state index in [1.165, 1.54) is 5.56 Å². The van der Waals surface area contributed by atoms with Gasteiger partial charge >= 0.3 is 12.1 Å². The first kappa shape index (κ1) is 28.9. The van der Waals surface area contributed by atoms with E-state index in [0.29, 0.717) is 5.82 Å². The second-order valence-electron chi connectivity index (χ2n) is 10.7. The molecule has 0 radical (unpaired) electrons. The van der Waals surface area contributed by atoms with Crippen molar-refractivity contribution in [2.75, 3.05) is 32.6 Å². The number of hydrogen-bond donors (Lipinski definition) is 3. The molecule has 1 aliphatic heterocycles. The number of nitrogens with one attached hydrogen (secondary N) is 1. The van der Waals surface area contributed by atoms with Crippen LogP contribution in [-0.4, -0.2) is 86.2 Å². The molecule has 2 aromatic carbocycles. The number of aryl methyl sites for hydroxylation is 2. The number of pyridine rings is 1. The van der Waals surface area contributed by atoms with Gasteiger partial charge in [-0.05, 0) is 62.3 Å². The summed E-state index contributed by atoms with van der Waals surface area (Å²) in [6.45, 7) is 1.85. The van der Waals surface area contributed by atoms with Crippen molar-refractivity contribution in [2.24, 2.45) is 7.05 Å². The van der Waals surface area contributed by atoms with Gasteiger partial charge in [-0.25, -0.2) is 14.6 Å². The Labute approximate surface area is 244 Å². The average molecular weight is 573 g/mol. The highest BCUT2D eigenvalue weighted by molar-refractivity contribution is 5.96. The Balaban J connectivity index is 1.30. The number of ether oxygens (including phenoxy) is 1. The highest BCUT2D eigenvalue weighted by atomic mass is 16.5. The summed E-state index contributed by atoms with van der Waals surface area (Å²) in [5.41, 5.74) is 5.00. The Bertz CT molecular complexity index is 1550. The number of aliphatic carboxylic acids is 1.